The van der Waals surface area contributed by atoms with Crippen molar-refractivity contribution < 1.29 is 28.6 Å². The molecule has 1 atom stereocenters. The fourth-order valence-electron chi connectivity index (χ4n) is 8.98. The molecule has 6 nitrogen and oxygen atoms in total. The van der Waals surface area contributed by atoms with Crippen molar-refractivity contribution in [2.24, 2.45) is 0 Å². The van der Waals surface area contributed by atoms with Crippen LogP contribution in [0.25, 0.3) is 0 Å². The monoisotopic (exact) mass is 905 g/mol. The predicted molar refractivity (Wildman–Crippen MR) is 275 cm³/mol. The second-order valence-corrected chi connectivity index (χ2v) is 19.9. The Labute approximate surface area is 399 Å². The number of carbonyl (C=O) groups excluding carboxylic acids is 3. The molecule has 0 saturated heterocycles. The van der Waals surface area contributed by atoms with E-state index in [9.17, 15) is 14.4 Å². The largest absolute Gasteiger partial charge is 0.462 e. The van der Waals surface area contributed by atoms with Crippen LogP contribution in [0.5, 0.6) is 0 Å². The fourth-order valence-corrected chi connectivity index (χ4v) is 8.98. The lowest BCUT2D eigenvalue weighted by Gasteiger charge is -2.18. The molecule has 0 aromatic heterocycles. The van der Waals surface area contributed by atoms with Crippen LogP contribution in [0.15, 0.2) is 0 Å². The minimum absolute atomic E-state index is 0.0610. The van der Waals surface area contributed by atoms with Crippen molar-refractivity contribution in [3.8, 4) is 0 Å². The Morgan fingerprint density at radius 1 is 0.250 bits per heavy atom. The highest BCUT2D eigenvalue weighted by atomic mass is 16.6. The van der Waals surface area contributed by atoms with Gasteiger partial charge in [-0.15, -0.1) is 0 Å². The van der Waals surface area contributed by atoms with Gasteiger partial charge in [-0.3, -0.25) is 14.4 Å². The van der Waals surface area contributed by atoms with Gasteiger partial charge >= 0.3 is 17.9 Å². The molecule has 0 amide bonds. The summed E-state index contributed by atoms with van der Waals surface area (Å²) in [6, 6.07) is 0. The summed E-state index contributed by atoms with van der Waals surface area (Å²) in [4.78, 5) is 38.1. The predicted octanol–water partition coefficient (Wildman–Crippen LogP) is 19.2. The van der Waals surface area contributed by atoms with Crippen LogP contribution in [-0.4, -0.2) is 37.2 Å². The number of hydrogen-bond donors (Lipinski definition) is 0. The molecule has 380 valence electrons. The van der Waals surface area contributed by atoms with Gasteiger partial charge in [0.1, 0.15) is 13.2 Å². The maximum atomic E-state index is 12.8. The summed E-state index contributed by atoms with van der Waals surface area (Å²) in [5, 5.41) is 0. The van der Waals surface area contributed by atoms with E-state index in [0.717, 1.165) is 57.8 Å². The molecule has 64 heavy (non-hydrogen) atoms. The van der Waals surface area contributed by atoms with Crippen molar-refractivity contribution in [2.45, 2.75) is 341 Å². The number of rotatable bonds is 54. The summed E-state index contributed by atoms with van der Waals surface area (Å²) >= 11 is 0. The number of ether oxygens (including phenoxy) is 3. The Morgan fingerprint density at radius 2 is 0.422 bits per heavy atom. The van der Waals surface area contributed by atoms with Crippen molar-refractivity contribution in [1.82, 2.24) is 0 Å². The molecule has 0 aromatic carbocycles. The lowest BCUT2D eigenvalue weighted by Crippen LogP contribution is -2.30. The van der Waals surface area contributed by atoms with Gasteiger partial charge < -0.3 is 14.2 Å². The van der Waals surface area contributed by atoms with Crippen molar-refractivity contribution in [3.05, 3.63) is 0 Å². The zero-order chi connectivity index (χ0) is 46.5. The molecule has 0 N–H and O–H groups in total. The molecule has 0 bridgehead atoms. The van der Waals surface area contributed by atoms with E-state index < -0.39 is 6.10 Å². The van der Waals surface area contributed by atoms with Crippen LogP contribution >= 0.6 is 0 Å². The van der Waals surface area contributed by atoms with Gasteiger partial charge in [0.25, 0.3) is 0 Å². The zero-order valence-electron chi connectivity index (χ0n) is 43.6. The van der Waals surface area contributed by atoms with Crippen LogP contribution in [0.2, 0.25) is 0 Å². The van der Waals surface area contributed by atoms with E-state index >= 15 is 0 Å². The molecule has 0 aliphatic rings. The van der Waals surface area contributed by atoms with Gasteiger partial charge in [-0.05, 0) is 19.3 Å². The zero-order valence-corrected chi connectivity index (χ0v) is 43.6. The Morgan fingerprint density at radius 3 is 0.625 bits per heavy atom. The van der Waals surface area contributed by atoms with Gasteiger partial charge in [-0.2, -0.15) is 0 Å². The van der Waals surface area contributed by atoms with Crippen LogP contribution < -0.4 is 0 Å². The molecule has 0 aliphatic carbocycles. The Balaban J connectivity index is 4.28. The van der Waals surface area contributed by atoms with Gasteiger partial charge in [-0.25, -0.2) is 0 Å². The summed E-state index contributed by atoms with van der Waals surface area (Å²) in [7, 11) is 0. The molecule has 0 rings (SSSR count). The first-order chi connectivity index (χ1) is 31.5. The first-order valence-corrected chi connectivity index (χ1v) is 29.0. The second kappa shape index (κ2) is 54.0. The number of carbonyl (C=O) groups is 3. The van der Waals surface area contributed by atoms with E-state index in [-0.39, 0.29) is 31.1 Å². The van der Waals surface area contributed by atoms with Gasteiger partial charge in [0, 0.05) is 19.3 Å². The van der Waals surface area contributed by atoms with Crippen LogP contribution in [-0.2, 0) is 28.6 Å². The summed E-state index contributed by atoms with van der Waals surface area (Å²) in [5.41, 5.74) is 0. The number of esters is 3. The lowest BCUT2D eigenvalue weighted by molar-refractivity contribution is -0.167. The third-order valence-corrected chi connectivity index (χ3v) is 13.4. The molecule has 0 spiro atoms. The maximum Gasteiger partial charge on any atom is 0.306 e. The molecular weight excluding hydrogens is 793 g/mol. The lowest BCUT2D eigenvalue weighted by atomic mass is 10.0. The second-order valence-electron chi connectivity index (χ2n) is 19.9. The van der Waals surface area contributed by atoms with Crippen LogP contribution in [0.3, 0.4) is 0 Å². The molecule has 0 heterocycles. The van der Waals surface area contributed by atoms with Crippen molar-refractivity contribution in [3.63, 3.8) is 0 Å². The van der Waals surface area contributed by atoms with Crippen LogP contribution in [0.4, 0.5) is 0 Å². The van der Waals surface area contributed by atoms with E-state index in [2.05, 4.69) is 20.8 Å². The average Bonchev–Trinajstić information content (AvgIpc) is 3.29. The number of hydrogen-bond acceptors (Lipinski definition) is 6. The molecule has 6 heteroatoms. The normalized spacial score (nSPS) is 11.9. The Kier molecular flexibility index (Phi) is 52.7. The fraction of sp³-hybridized carbons (Fsp3) is 0.948. The van der Waals surface area contributed by atoms with Crippen molar-refractivity contribution in [1.29, 1.82) is 0 Å². The highest BCUT2D eigenvalue weighted by molar-refractivity contribution is 5.71. The Bertz CT molecular complexity index is 951. The standard InChI is InChI=1S/C58H112O6/c1-4-7-10-13-16-19-22-25-27-29-31-33-36-39-42-45-48-51-57(60)63-54-55(53-62-56(59)50-47-44-41-38-35-32-24-21-18-15-12-9-6-3)64-58(61)52-49-46-43-40-37-34-30-28-26-23-20-17-14-11-8-5-2/h55H,4-54H2,1-3H3/t55-/m0/s1. The van der Waals surface area contributed by atoms with Crippen LogP contribution in [0, 0.1) is 0 Å². The van der Waals surface area contributed by atoms with E-state index in [0.29, 0.717) is 19.3 Å². The Hall–Kier alpha value is -1.59. The molecule has 0 fully saturated rings. The third-order valence-electron chi connectivity index (χ3n) is 13.4. The van der Waals surface area contributed by atoms with Gasteiger partial charge in [0.15, 0.2) is 6.10 Å². The smallest absolute Gasteiger partial charge is 0.306 e. The summed E-state index contributed by atoms with van der Waals surface area (Å²) < 4.78 is 16.9. The molecular formula is C58H112O6. The summed E-state index contributed by atoms with van der Waals surface area (Å²) in [5.74, 6) is -0.831. The number of unbranched alkanes of at least 4 members (excludes halogenated alkanes) is 43. The average molecular weight is 906 g/mol. The SMILES string of the molecule is CCCCCCCCCCCCCCCCCCCC(=O)OC[C@H](COC(=O)CCCCCCCCCCCCCCC)OC(=O)CCCCCCCCCCCCCCCCCC. The van der Waals surface area contributed by atoms with E-state index in [1.807, 2.05) is 0 Å². The topological polar surface area (TPSA) is 78.9 Å². The molecule has 0 saturated carbocycles. The van der Waals surface area contributed by atoms with E-state index in [1.54, 1.807) is 0 Å². The summed E-state index contributed by atoms with van der Waals surface area (Å²) in [6.45, 7) is 6.71. The van der Waals surface area contributed by atoms with Crippen molar-refractivity contribution in [2.75, 3.05) is 13.2 Å². The van der Waals surface area contributed by atoms with Crippen LogP contribution in [0.1, 0.15) is 335 Å². The van der Waals surface area contributed by atoms with E-state index in [4.69, 9.17) is 14.2 Å². The van der Waals surface area contributed by atoms with Gasteiger partial charge in [0.05, 0.1) is 0 Å². The molecule has 0 aromatic rings. The summed E-state index contributed by atoms with van der Waals surface area (Å²) in [6.07, 6.45) is 59.5. The minimum Gasteiger partial charge on any atom is -0.462 e. The molecule has 0 aliphatic heterocycles. The third kappa shape index (κ3) is 51.4. The maximum absolute atomic E-state index is 12.8. The molecule has 0 unspecified atom stereocenters. The van der Waals surface area contributed by atoms with Gasteiger partial charge in [0.2, 0.25) is 0 Å². The highest BCUT2D eigenvalue weighted by Crippen LogP contribution is 2.18. The quantitative estimate of drug-likeness (QED) is 0.0344. The first kappa shape index (κ1) is 62.4. The minimum atomic E-state index is -0.761. The van der Waals surface area contributed by atoms with Crippen molar-refractivity contribution >= 4 is 17.9 Å². The molecule has 0 radical (unpaired) electrons. The van der Waals surface area contributed by atoms with Gasteiger partial charge in [-0.1, -0.05) is 297 Å². The highest BCUT2D eigenvalue weighted by Gasteiger charge is 2.19. The van der Waals surface area contributed by atoms with E-state index in [1.165, 1.54) is 238 Å². The first-order valence-electron chi connectivity index (χ1n) is 29.0.